The molecule has 0 aliphatic carbocycles. The Labute approximate surface area is 122 Å². The monoisotopic (exact) mass is 297 g/mol. The van der Waals surface area contributed by atoms with Crippen molar-refractivity contribution < 1.29 is 19.4 Å². The number of carbonyl (C=O) groups excluding carboxylic acids is 1. The summed E-state index contributed by atoms with van der Waals surface area (Å²) in [6, 6.07) is 6.94. The minimum Gasteiger partial charge on any atom is -0.491 e. The molecule has 0 fully saturated rings. The Morgan fingerprint density at radius 3 is 2.70 bits per heavy atom. The lowest BCUT2D eigenvalue weighted by molar-refractivity contribution is -0.144. The third-order valence-corrected chi connectivity index (χ3v) is 2.75. The Kier molecular flexibility index (Phi) is 6.59. The number of carboxylic acid groups (broad SMARTS) is 1. The summed E-state index contributed by atoms with van der Waals surface area (Å²) in [5, 5.41) is 9.19. The number of benzene rings is 1. The Balaban J connectivity index is 2.47. The van der Waals surface area contributed by atoms with Crippen LogP contribution < -0.4 is 4.74 Å². The van der Waals surface area contributed by atoms with Crippen LogP contribution in [-0.4, -0.2) is 41.6 Å². The van der Waals surface area contributed by atoms with Crippen LogP contribution in [0.3, 0.4) is 0 Å². The van der Waals surface area contributed by atoms with Gasteiger partial charge < -0.3 is 14.7 Å². The fraction of sp³-hybridized carbons (Fsp3) is 0.286. The van der Waals surface area contributed by atoms with Gasteiger partial charge in [-0.25, -0.2) is 0 Å². The van der Waals surface area contributed by atoms with Crippen molar-refractivity contribution >= 4 is 23.5 Å². The second kappa shape index (κ2) is 8.22. The number of nitrogens with zero attached hydrogens (tertiary/aromatic N) is 1. The summed E-state index contributed by atoms with van der Waals surface area (Å²) in [6.07, 6.45) is 1.56. The molecule has 5 nitrogen and oxygen atoms in total. The van der Waals surface area contributed by atoms with E-state index in [2.05, 4.69) is 6.58 Å². The highest BCUT2D eigenvalue weighted by molar-refractivity contribution is 6.32. The van der Waals surface area contributed by atoms with Gasteiger partial charge in [-0.1, -0.05) is 29.8 Å². The fourth-order valence-corrected chi connectivity index (χ4v) is 1.73. The quantitative estimate of drug-likeness (QED) is 0.747. The molecule has 0 saturated carbocycles. The molecule has 0 bridgehead atoms. The minimum atomic E-state index is -1.06. The van der Waals surface area contributed by atoms with Gasteiger partial charge in [0.1, 0.15) is 12.3 Å². The second-order valence-corrected chi connectivity index (χ2v) is 4.39. The lowest BCUT2D eigenvalue weighted by Crippen LogP contribution is -2.36. The maximum atomic E-state index is 11.8. The van der Waals surface area contributed by atoms with Gasteiger partial charge in [0.25, 0.3) is 0 Å². The van der Waals surface area contributed by atoms with Crippen molar-refractivity contribution in [1.29, 1.82) is 0 Å². The van der Waals surface area contributed by atoms with Gasteiger partial charge in [-0.2, -0.15) is 0 Å². The molecular formula is C14H16ClNO4. The summed E-state index contributed by atoms with van der Waals surface area (Å²) in [5.74, 6) is -0.873. The average Bonchev–Trinajstić information content (AvgIpc) is 2.40. The molecule has 0 radical (unpaired) electrons. The highest BCUT2D eigenvalue weighted by Crippen LogP contribution is 2.23. The van der Waals surface area contributed by atoms with Crippen LogP contribution in [0, 0.1) is 0 Å². The van der Waals surface area contributed by atoms with Crippen LogP contribution in [0.4, 0.5) is 0 Å². The molecule has 0 atom stereocenters. The van der Waals surface area contributed by atoms with Crippen molar-refractivity contribution in [3.63, 3.8) is 0 Å². The first-order chi connectivity index (χ1) is 9.54. The van der Waals surface area contributed by atoms with Gasteiger partial charge in [0.2, 0.25) is 5.91 Å². The summed E-state index contributed by atoms with van der Waals surface area (Å²) in [6.45, 7) is 3.47. The van der Waals surface area contributed by atoms with E-state index in [-0.39, 0.29) is 32.0 Å². The first-order valence-corrected chi connectivity index (χ1v) is 6.40. The molecule has 0 aromatic heterocycles. The van der Waals surface area contributed by atoms with Gasteiger partial charge in [-0.05, 0) is 12.1 Å². The molecule has 20 heavy (non-hydrogen) atoms. The zero-order valence-electron chi connectivity index (χ0n) is 10.9. The summed E-state index contributed by atoms with van der Waals surface area (Å²) in [5.41, 5.74) is 0. The van der Waals surface area contributed by atoms with Gasteiger partial charge in [0, 0.05) is 6.54 Å². The molecule has 1 aromatic rings. The van der Waals surface area contributed by atoms with Crippen molar-refractivity contribution in [3.05, 3.63) is 41.9 Å². The van der Waals surface area contributed by atoms with Crippen LogP contribution in [0.25, 0.3) is 0 Å². The summed E-state index contributed by atoms with van der Waals surface area (Å²) >= 11 is 5.91. The molecule has 6 heteroatoms. The molecule has 108 valence electrons. The van der Waals surface area contributed by atoms with E-state index in [9.17, 15) is 9.59 Å². The average molecular weight is 298 g/mol. The number of hydrogen-bond acceptors (Lipinski definition) is 3. The number of para-hydroxylation sites is 1. The smallest absolute Gasteiger partial charge is 0.323 e. The van der Waals surface area contributed by atoms with Gasteiger partial charge in [-0.3, -0.25) is 9.59 Å². The maximum absolute atomic E-state index is 11.8. The lowest BCUT2D eigenvalue weighted by atomic mass is 10.3. The molecule has 0 saturated heterocycles. The van der Waals surface area contributed by atoms with Crippen molar-refractivity contribution in [2.75, 3.05) is 19.7 Å². The Morgan fingerprint density at radius 2 is 2.10 bits per heavy atom. The third-order valence-electron chi connectivity index (χ3n) is 2.44. The highest BCUT2D eigenvalue weighted by atomic mass is 35.5. The summed E-state index contributed by atoms with van der Waals surface area (Å²) in [4.78, 5) is 23.7. The maximum Gasteiger partial charge on any atom is 0.323 e. The molecule has 1 aromatic carbocycles. The van der Waals surface area contributed by atoms with Gasteiger partial charge >= 0.3 is 5.97 Å². The molecule has 1 N–H and O–H groups in total. The SMILES string of the molecule is C=CCN(CC(=O)O)C(=O)CCOc1ccccc1Cl. The van der Waals surface area contributed by atoms with E-state index in [0.29, 0.717) is 10.8 Å². The molecular weight excluding hydrogens is 282 g/mol. The largest absolute Gasteiger partial charge is 0.491 e. The number of ether oxygens (including phenoxy) is 1. The minimum absolute atomic E-state index is 0.0757. The van der Waals surface area contributed by atoms with Crippen LogP contribution in [0.1, 0.15) is 6.42 Å². The Morgan fingerprint density at radius 1 is 1.40 bits per heavy atom. The number of halogens is 1. The zero-order chi connectivity index (χ0) is 15.0. The lowest BCUT2D eigenvalue weighted by Gasteiger charge is -2.18. The van der Waals surface area contributed by atoms with E-state index in [1.165, 1.54) is 11.0 Å². The number of hydrogen-bond donors (Lipinski definition) is 1. The molecule has 0 spiro atoms. The first kappa shape index (κ1) is 16.0. The number of carboxylic acids is 1. The zero-order valence-corrected chi connectivity index (χ0v) is 11.7. The second-order valence-electron chi connectivity index (χ2n) is 3.99. The van der Waals surface area contributed by atoms with E-state index in [4.69, 9.17) is 21.4 Å². The Hall–Kier alpha value is -2.01. The molecule has 1 rings (SSSR count). The van der Waals surface area contributed by atoms with Gasteiger partial charge in [0.05, 0.1) is 18.1 Å². The van der Waals surface area contributed by atoms with Gasteiger partial charge in [-0.15, -0.1) is 6.58 Å². The highest BCUT2D eigenvalue weighted by Gasteiger charge is 2.15. The number of aliphatic carboxylic acids is 1. The third kappa shape index (κ3) is 5.32. The molecule has 1 amide bonds. The number of amides is 1. The number of rotatable bonds is 8. The summed E-state index contributed by atoms with van der Waals surface area (Å²) < 4.78 is 5.39. The standard InChI is InChI=1S/C14H16ClNO4/c1-2-8-16(10-14(18)19)13(17)7-9-20-12-6-4-3-5-11(12)15/h2-6H,1,7-10H2,(H,18,19). The van der Waals surface area contributed by atoms with Crippen molar-refractivity contribution in [1.82, 2.24) is 4.90 Å². The fourth-order valence-electron chi connectivity index (χ4n) is 1.54. The topological polar surface area (TPSA) is 66.8 Å². The predicted octanol–water partition coefficient (Wildman–Crippen LogP) is 2.21. The normalized spacial score (nSPS) is 9.85. The van der Waals surface area contributed by atoms with Crippen LogP contribution in [0.2, 0.25) is 5.02 Å². The molecule has 0 heterocycles. The van der Waals surface area contributed by atoms with E-state index in [0.717, 1.165) is 0 Å². The van der Waals surface area contributed by atoms with Crippen LogP contribution in [0.5, 0.6) is 5.75 Å². The molecule has 0 unspecified atom stereocenters. The Bertz CT molecular complexity index is 490. The van der Waals surface area contributed by atoms with E-state index < -0.39 is 5.97 Å². The first-order valence-electron chi connectivity index (χ1n) is 6.02. The van der Waals surface area contributed by atoms with E-state index in [1.54, 1.807) is 24.3 Å². The van der Waals surface area contributed by atoms with E-state index in [1.807, 2.05) is 0 Å². The number of carbonyl (C=O) groups is 2. The molecule has 0 aliphatic rings. The summed E-state index contributed by atoms with van der Waals surface area (Å²) in [7, 11) is 0. The van der Waals surface area contributed by atoms with E-state index >= 15 is 0 Å². The van der Waals surface area contributed by atoms with Crippen molar-refractivity contribution in [2.24, 2.45) is 0 Å². The van der Waals surface area contributed by atoms with Crippen molar-refractivity contribution in [2.45, 2.75) is 6.42 Å². The van der Waals surface area contributed by atoms with Gasteiger partial charge in [0.15, 0.2) is 0 Å². The molecule has 0 aliphatic heterocycles. The predicted molar refractivity (Wildman–Crippen MR) is 76.0 cm³/mol. The van der Waals surface area contributed by atoms with Crippen molar-refractivity contribution in [3.8, 4) is 5.75 Å². The van der Waals surface area contributed by atoms with Crippen LogP contribution in [-0.2, 0) is 9.59 Å². The van der Waals surface area contributed by atoms with Crippen LogP contribution >= 0.6 is 11.6 Å². The van der Waals surface area contributed by atoms with Crippen LogP contribution in [0.15, 0.2) is 36.9 Å².